The molecule has 2 aromatic rings. The zero-order valence-electron chi connectivity index (χ0n) is 13.5. The van der Waals surface area contributed by atoms with Crippen LogP contribution in [0.1, 0.15) is 24.5 Å². The maximum Gasteiger partial charge on any atom is 0.123 e. The van der Waals surface area contributed by atoms with Crippen LogP contribution in [0, 0.1) is 11.7 Å². The summed E-state index contributed by atoms with van der Waals surface area (Å²) in [6.45, 7) is 3.01. The van der Waals surface area contributed by atoms with Gasteiger partial charge in [0.15, 0.2) is 0 Å². The summed E-state index contributed by atoms with van der Waals surface area (Å²) >= 11 is 0. The third-order valence-corrected chi connectivity index (χ3v) is 5.59. The van der Waals surface area contributed by atoms with Gasteiger partial charge >= 0.3 is 0 Å². The first-order valence-corrected chi connectivity index (χ1v) is 8.39. The summed E-state index contributed by atoms with van der Waals surface area (Å²) in [5, 5.41) is 4.66. The number of piperidine rings is 3. The van der Waals surface area contributed by atoms with Crippen molar-refractivity contribution in [1.82, 2.24) is 14.7 Å². The molecule has 5 rings (SSSR count). The van der Waals surface area contributed by atoms with Crippen LogP contribution in [0.4, 0.5) is 4.39 Å². The number of nitrogens with two attached hydrogens (primary N) is 1. The van der Waals surface area contributed by atoms with E-state index in [0.29, 0.717) is 17.9 Å². The number of rotatable bonds is 3. The van der Waals surface area contributed by atoms with Gasteiger partial charge in [-0.3, -0.25) is 9.58 Å². The van der Waals surface area contributed by atoms with E-state index in [1.165, 1.54) is 37.2 Å². The van der Waals surface area contributed by atoms with Gasteiger partial charge in [0.05, 0.1) is 5.69 Å². The Morgan fingerprint density at radius 2 is 2.09 bits per heavy atom. The summed E-state index contributed by atoms with van der Waals surface area (Å²) in [4.78, 5) is 2.54. The highest BCUT2D eigenvalue weighted by Gasteiger charge is 2.41. The van der Waals surface area contributed by atoms with Crippen LogP contribution in [0.2, 0.25) is 0 Å². The molecule has 4 nitrogen and oxygen atoms in total. The van der Waals surface area contributed by atoms with Gasteiger partial charge in [-0.1, -0.05) is 0 Å². The zero-order valence-corrected chi connectivity index (χ0v) is 13.5. The summed E-state index contributed by atoms with van der Waals surface area (Å²) in [7, 11) is 2.01. The highest BCUT2D eigenvalue weighted by atomic mass is 19.1. The normalized spacial score (nSPS) is 29.9. The van der Waals surface area contributed by atoms with E-state index in [1.807, 2.05) is 11.7 Å². The predicted octanol–water partition coefficient (Wildman–Crippen LogP) is 2.36. The van der Waals surface area contributed by atoms with Crippen molar-refractivity contribution >= 4 is 0 Å². The predicted molar refractivity (Wildman–Crippen MR) is 88.5 cm³/mol. The second-order valence-electron chi connectivity index (χ2n) is 6.86. The Bertz CT molecular complexity index is 694. The SMILES string of the molecule is Cn1nc(-c2ccc(F)cc2)cc1[C@@H]1CN2CC[C@H]1C[C@@H]2CN. The zero-order chi connectivity index (χ0) is 16.0. The summed E-state index contributed by atoms with van der Waals surface area (Å²) in [6.07, 6.45) is 2.44. The van der Waals surface area contributed by atoms with E-state index >= 15 is 0 Å². The summed E-state index contributed by atoms with van der Waals surface area (Å²) < 4.78 is 15.1. The van der Waals surface area contributed by atoms with Crippen molar-refractivity contribution in [2.45, 2.75) is 24.8 Å². The van der Waals surface area contributed by atoms with Crippen molar-refractivity contribution in [2.24, 2.45) is 18.7 Å². The van der Waals surface area contributed by atoms with Gasteiger partial charge in [0.1, 0.15) is 5.82 Å². The number of hydrogen-bond donors (Lipinski definition) is 1. The Morgan fingerprint density at radius 3 is 2.74 bits per heavy atom. The number of halogens is 1. The van der Waals surface area contributed by atoms with Crippen LogP contribution in [0.3, 0.4) is 0 Å². The molecular formula is C18H23FN4. The molecule has 0 aliphatic carbocycles. The molecule has 1 aromatic heterocycles. The lowest BCUT2D eigenvalue weighted by molar-refractivity contribution is 0.0322. The summed E-state index contributed by atoms with van der Waals surface area (Å²) in [5.74, 6) is 1.01. The molecule has 0 saturated carbocycles. The van der Waals surface area contributed by atoms with Crippen molar-refractivity contribution in [3.63, 3.8) is 0 Å². The van der Waals surface area contributed by atoms with Crippen LogP contribution in [-0.4, -0.2) is 40.4 Å². The minimum atomic E-state index is -0.213. The quantitative estimate of drug-likeness (QED) is 0.946. The van der Waals surface area contributed by atoms with E-state index in [1.54, 1.807) is 12.1 Å². The standard InChI is InChI=1S/C18H23FN4/c1-22-18(9-17(21-22)12-2-4-14(19)5-3-12)16-11-23-7-6-13(16)8-15(23)10-20/h2-5,9,13,15-16H,6-8,10-11,20H2,1H3/t13-,15+,16+/m0/s1. The molecule has 3 fully saturated rings. The molecule has 122 valence electrons. The van der Waals surface area contributed by atoms with Gasteiger partial charge in [-0.2, -0.15) is 5.10 Å². The molecule has 4 heterocycles. The maximum atomic E-state index is 13.1. The van der Waals surface area contributed by atoms with E-state index in [2.05, 4.69) is 16.1 Å². The van der Waals surface area contributed by atoms with E-state index < -0.39 is 0 Å². The summed E-state index contributed by atoms with van der Waals surface area (Å²) in [6, 6.07) is 9.30. The fraction of sp³-hybridized carbons (Fsp3) is 0.500. The fourth-order valence-corrected chi connectivity index (χ4v) is 4.31. The lowest BCUT2D eigenvalue weighted by Gasteiger charge is -2.49. The van der Waals surface area contributed by atoms with Crippen LogP contribution in [0.25, 0.3) is 11.3 Å². The first-order valence-electron chi connectivity index (χ1n) is 8.39. The Morgan fingerprint density at radius 1 is 1.30 bits per heavy atom. The van der Waals surface area contributed by atoms with E-state index in [9.17, 15) is 4.39 Å². The fourth-order valence-electron chi connectivity index (χ4n) is 4.31. The molecule has 3 aliphatic rings. The molecule has 23 heavy (non-hydrogen) atoms. The van der Waals surface area contributed by atoms with Crippen molar-refractivity contribution in [1.29, 1.82) is 0 Å². The van der Waals surface area contributed by atoms with Crippen LogP contribution in [-0.2, 0) is 7.05 Å². The van der Waals surface area contributed by atoms with Crippen LogP contribution < -0.4 is 5.73 Å². The molecule has 3 saturated heterocycles. The van der Waals surface area contributed by atoms with Crippen molar-refractivity contribution in [3.05, 3.63) is 41.8 Å². The third-order valence-electron chi connectivity index (χ3n) is 5.59. The van der Waals surface area contributed by atoms with Gasteiger partial charge in [0.2, 0.25) is 0 Å². The first kappa shape index (κ1) is 14.8. The minimum Gasteiger partial charge on any atom is -0.329 e. The Hall–Kier alpha value is -1.72. The number of hydrogen-bond acceptors (Lipinski definition) is 3. The average Bonchev–Trinajstić information content (AvgIpc) is 2.97. The average molecular weight is 314 g/mol. The number of nitrogens with zero attached hydrogens (tertiary/aromatic N) is 3. The minimum absolute atomic E-state index is 0.213. The maximum absolute atomic E-state index is 13.1. The highest BCUT2D eigenvalue weighted by molar-refractivity contribution is 5.59. The van der Waals surface area contributed by atoms with Gasteiger partial charge in [-0.05, 0) is 55.6 Å². The highest BCUT2D eigenvalue weighted by Crippen LogP contribution is 2.42. The lowest BCUT2D eigenvalue weighted by Crippen LogP contribution is -2.55. The van der Waals surface area contributed by atoms with Crippen molar-refractivity contribution < 1.29 is 4.39 Å². The molecule has 4 atom stereocenters. The second-order valence-corrected chi connectivity index (χ2v) is 6.86. The molecule has 1 aromatic carbocycles. The van der Waals surface area contributed by atoms with E-state index in [4.69, 9.17) is 5.73 Å². The number of benzene rings is 1. The Balaban J connectivity index is 1.62. The third kappa shape index (κ3) is 2.58. The number of aromatic nitrogens is 2. The topological polar surface area (TPSA) is 47.1 Å². The van der Waals surface area contributed by atoms with Crippen LogP contribution in [0.15, 0.2) is 30.3 Å². The molecule has 5 heteroatoms. The molecule has 0 radical (unpaired) electrons. The molecule has 2 N–H and O–H groups in total. The molecule has 2 bridgehead atoms. The lowest BCUT2D eigenvalue weighted by atomic mass is 9.74. The van der Waals surface area contributed by atoms with Gasteiger partial charge in [0, 0.05) is 43.4 Å². The monoisotopic (exact) mass is 314 g/mol. The van der Waals surface area contributed by atoms with Crippen LogP contribution in [0.5, 0.6) is 0 Å². The van der Waals surface area contributed by atoms with Gasteiger partial charge in [0.25, 0.3) is 0 Å². The molecule has 0 spiro atoms. The van der Waals surface area contributed by atoms with Gasteiger partial charge in [-0.15, -0.1) is 0 Å². The Labute approximate surface area is 136 Å². The van der Waals surface area contributed by atoms with Crippen molar-refractivity contribution in [2.75, 3.05) is 19.6 Å². The molecule has 3 aliphatic heterocycles. The Kier molecular flexibility index (Phi) is 3.70. The molecule has 0 amide bonds. The largest absolute Gasteiger partial charge is 0.329 e. The number of fused-ring (bicyclic) bond motifs is 3. The van der Waals surface area contributed by atoms with Gasteiger partial charge < -0.3 is 5.73 Å². The van der Waals surface area contributed by atoms with Gasteiger partial charge in [-0.25, -0.2) is 4.39 Å². The van der Waals surface area contributed by atoms with E-state index in [0.717, 1.165) is 24.3 Å². The molecular weight excluding hydrogens is 291 g/mol. The number of aryl methyl sites for hydroxylation is 1. The first-order chi connectivity index (χ1) is 11.2. The second kappa shape index (κ2) is 5.73. The van der Waals surface area contributed by atoms with Crippen molar-refractivity contribution in [3.8, 4) is 11.3 Å². The van der Waals surface area contributed by atoms with E-state index in [-0.39, 0.29) is 5.82 Å². The molecule has 1 unspecified atom stereocenters. The summed E-state index contributed by atoms with van der Waals surface area (Å²) in [5.41, 5.74) is 9.09. The smallest absolute Gasteiger partial charge is 0.123 e. The van der Waals surface area contributed by atoms with Crippen LogP contribution >= 0.6 is 0 Å².